The molecule has 1 fully saturated rings. The molecule has 4 rings (SSSR count). The van der Waals surface area contributed by atoms with Gasteiger partial charge in [0.15, 0.2) is 0 Å². The predicted octanol–water partition coefficient (Wildman–Crippen LogP) is 4.56. The van der Waals surface area contributed by atoms with E-state index in [1.165, 1.54) is 11.3 Å². The first-order valence-electron chi connectivity index (χ1n) is 10.6. The highest BCUT2D eigenvalue weighted by Gasteiger charge is 2.44. The molecule has 3 aromatic rings. The molecule has 1 aromatic heterocycles. The van der Waals surface area contributed by atoms with E-state index in [4.69, 9.17) is 4.74 Å². The van der Waals surface area contributed by atoms with Crippen LogP contribution < -0.4 is 5.32 Å². The molecular weight excluding hydrogens is 408 g/mol. The number of esters is 1. The Morgan fingerprint density at radius 1 is 1.00 bits per heavy atom. The molecule has 6 heteroatoms. The fourth-order valence-corrected chi connectivity index (χ4v) is 4.89. The summed E-state index contributed by atoms with van der Waals surface area (Å²) >= 11 is 1.42. The molecule has 31 heavy (non-hydrogen) atoms. The lowest BCUT2D eigenvalue weighted by molar-refractivity contribution is -0.152. The van der Waals surface area contributed by atoms with Crippen molar-refractivity contribution in [2.45, 2.75) is 50.7 Å². The third kappa shape index (κ3) is 5.20. The molecule has 0 bridgehead atoms. The van der Waals surface area contributed by atoms with Crippen molar-refractivity contribution < 1.29 is 14.3 Å². The van der Waals surface area contributed by atoms with Gasteiger partial charge in [-0.25, -0.2) is 4.98 Å². The van der Waals surface area contributed by atoms with E-state index >= 15 is 0 Å². The number of aromatic nitrogens is 1. The second kappa shape index (κ2) is 9.88. The maximum absolute atomic E-state index is 13.0. The SMILES string of the molecule is O=C(Cc1nc(COC(=O)C2(c3ccccc3)CCCC2)cs1)NCc1ccccc1. The average molecular weight is 435 g/mol. The molecule has 1 aliphatic rings. The van der Waals surface area contributed by atoms with Crippen molar-refractivity contribution in [3.8, 4) is 0 Å². The summed E-state index contributed by atoms with van der Waals surface area (Å²) in [6.45, 7) is 0.632. The lowest BCUT2D eigenvalue weighted by Crippen LogP contribution is -2.34. The number of carbonyl (C=O) groups excluding carboxylic acids is 2. The smallest absolute Gasteiger partial charge is 0.316 e. The summed E-state index contributed by atoms with van der Waals surface area (Å²) in [5, 5.41) is 5.49. The summed E-state index contributed by atoms with van der Waals surface area (Å²) < 4.78 is 5.70. The molecule has 0 saturated heterocycles. The highest BCUT2D eigenvalue weighted by atomic mass is 32.1. The topological polar surface area (TPSA) is 68.3 Å². The van der Waals surface area contributed by atoms with Crippen molar-refractivity contribution >= 4 is 23.2 Å². The highest BCUT2D eigenvalue weighted by molar-refractivity contribution is 7.09. The molecule has 0 atom stereocenters. The predicted molar refractivity (Wildman–Crippen MR) is 120 cm³/mol. The maximum atomic E-state index is 13.0. The minimum atomic E-state index is -0.544. The van der Waals surface area contributed by atoms with Crippen molar-refractivity contribution in [1.29, 1.82) is 0 Å². The second-order valence-electron chi connectivity index (χ2n) is 7.90. The Hall–Kier alpha value is -2.99. The summed E-state index contributed by atoms with van der Waals surface area (Å²) in [5.41, 5.74) is 2.23. The van der Waals surface area contributed by atoms with Gasteiger partial charge in [0.05, 0.1) is 17.5 Å². The largest absolute Gasteiger partial charge is 0.458 e. The van der Waals surface area contributed by atoms with Gasteiger partial charge in [0, 0.05) is 11.9 Å². The minimum Gasteiger partial charge on any atom is -0.458 e. The molecule has 1 saturated carbocycles. The molecular formula is C25H26N2O3S. The number of benzene rings is 2. The van der Waals surface area contributed by atoms with E-state index in [0.717, 1.165) is 41.8 Å². The molecule has 1 aliphatic carbocycles. The normalized spacial score (nSPS) is 14.8. The van der Waals surface area contributed by atoms with Crippen LogP contribution in [0.25, 0.3) is 0 Å². The number of nitrogens with one attached hydrogen (secondary N) is 1. The first kappa shape index (κ1) is 21.2. The Bertz CT molecular complexity index is 1010. The third-order valence-electron chi connectivity index (χ3n) is 5.77. The van der Waals surface area contributed by atoms with Crippen molar-refractivity contribution in [3.05, 3.63) is 87.9 Å². The van der Waals surface area contributed by atoms with E-state index in [1.54, 1.807) is 0 Å². The molecule has 160 valence electrons. The highest BCUT2D eigenvalue weighted by Crippen LogP contribution is 2.42. The zero-order valence-electron chi connectivity index (χ0n) is 17.4. The van der Waals surface area contributed by atoms with Gasteiger partial charge in [0.1, 0.15) is 11.6 Å². The first-order chi connectivity index (χ1) is 15.2. The quantitative estimate of drug-likeness (QED) is 0.528. The van der Waals surface area contributed by atoms with E-state index < -0.39 is 5.41 Å². The van der Waals surface area contributed by atoms with Gasteiger partial charge in [-0.15, -0.1) is 11.3 Å². The Labute approximate surface area is 186 Å². The molecule has 1 amide bonds. The van der Waals surface area contributed by atoms with Crippen LogP contribution in [0.2, 0.25) is 0 Å². The van der Waals surface area contributed by atoms with Crippen LogP contribution in [-0.4, -0.2) is 16.9 Å². The Balaban J connectivity index is 1.30. The molecule has 1 heterocycles. The molecule has 5 nitrogen and oxygen atoms in total. The monoisotopic (exact) mass is 434 g/mol. The van der Waals surface area contributed by atoms with E-state index in [9.17, 15) is 9.59 Å². The van der Waals surface area contributed by atoms with Crippen molar-refractivity contribution in [2.75, 3.05) is 0 Å². The number of hydrogen-bond acceptors (Lipinski definition) is 5. The van der Waals surface area contributed by atoms with Crippen molar-refractivity contribution in [2.24, 2.45) is 0 Å². The zero-order chi connectivity index (χ0) is 21.5. The molecule has 2 aromatic carbocycles. The van der Waals surface area contributed by atoms with Gasteiger partial charge in [0.25, 0.3) is 0 Å². The zero-order valence-corrected chi connectivity index (χ0v) is 18.2. The summed E-state index contributed by atoms with van der Waals surface area (Å²) in [5.74, 6) is -0.248. The number of hydrogen-bond donors (Lipinski definition) is 1. The van der Waals surface area contributed by atoms with Gasteiger partial charge < -0.3 is 10.1 Å². The van der Waals surface area contributed by atoms with Crippen LogP contribution in [0.5, 0.6) is 0 Å². The van der Waals surface area contributed by atoms with Crippen LogP contribution in [-0.2, 0) is 39.3 Å². The molecule has 0 spiro atoms. The fraction of sp³-hybridized carbons (Fsp3) is 0.320. The van der Waals surface area contributed by atoms with Crippen LogP contribution in [0.3, 0.4) is 0 Å². The number of nitrogens with zero attached hydrogens (tertiary/aromatic N) is 1. The summed E-state index contributed by atoms with van der Waals surface area (Å²) in [7, 11) is 0. The second-order valence-corrected chi connectivity index (χ2v) is 8.85. The number of amides is 1. The standard InChI is InChI=1S/C25H26N2O3S/c28-22(26-16-19-9-3-1-4-10-19)15-23-27-21(18-31-23)17-30-24(29)25(13-7-8-14-25)20-11-5-2-6-12-20/h1-6,9-12,18H,7-8,13-17H2,(H,26,28). The molecule has 0 radical (unpaired) electrons. The lowest BCUT2D eigenvalue weighted by Gasteiger charge is -2.27. The molecule has 1 N–H and O–H groups in total. The van der Waals surface area contributed by atoms with Crippen LogP contribution in [0.15, 0.2) is 66.0 Å². The number of thiazole rings is 1. The van der Waals surface area contributed by atoms with Crippen molar-refractivity contribution in [3.63, 3.8) is 0 Å². The van der Waals surface area contributed by atoms with Gasteiger partial charge in [-0.3, -0.25) is 9.59 Å². The summed E-state index contributed by atoms with van der Waals surface area (Å²) in [6.07, 6.45) is 3.92. The Morgan fingerprint density at radius 3 is 2.39 bits per heavy atom. The summed E-state index contributed by atoms with van der Waals surface area (Å²) in [4.78, 5) is 29.7. The van der Waals surface area contributed by atoms with E-state index in [2.05, 4.69) is 10.3 Å². The average Bonchev–Trinajstić information content (AvgIpc) is 3.48. The van der Waals surface area contributed by atoms with Crippen LogP contribution >= 0.6 is 11.3 Å². The van der Waals surface area contributed by atoms with Crippen LogP contribution in [0.4, 0.5) is 0 Å². The number of ether oxygens (including phenoxy) is 1. The Kier molecular flexibility index (Phi) is 6.77. The van der Waals surface area contributed by atoms with Gasteiger partial charge in [-0.2, -0.15) is 0 Å². The van der Waals surface area contributed by atoms with Gasteiger partial charge in [-0.1, -0.05) is 73.5 Å². The van der Waals surface area contributed by atoms with Crippen LogP contribution in [0, 0.1) is 0 Å². The summed E-state index contributed by atoms with van der Waals surface area (Å²) in [6, 6.07) is 19.7. The van der Waals surface area contributed by atoms with E-state index in [0.29, 0.717) is 12.2 Å². The number of carbonyl (C=O) groups is 2. The van der Waals surface area contributed by atoms with E-state index in [1.807, 2.05) is 66.0 Å². The van der Waals surface area contributed by atoms with Gasteiger partial charge >= 0.3 is 5.97 Å². The number of rotatable bonds is 8. The minimum absolute atomic E-state index is 0.0734. The van der Waals surface area contributed by atoms with Crippen molar-refractivity contribution in [1.82, 2.24) is 10.3 Å². The van der Waals surface area contributed by atoms with Crippen LogP contribution in [0.1, 0.15) is 47.5 Å². The van der Waals surface area contributed by atoms with Gasteiger partial charge in [0.2, 0.25) is 5.91 Å². The third-order valence-corrected chi connectivity index (χ3v) is 6.67. The first-order valence-corrected chi connectivity index (χ1v) is 11.5. The molecule has 0 unspecified atom stereocenters. The van der Waals surface area contributed by atoms with E-state index in [-0.39, 0.29) is 24.9 Å². The fourth-order valence-electron chi connectivity index (χ4n) is 4.12. The molecule has 0 aliphatic heterocycles. The maximum Gasteiger partial charge on any atom is 0.316 e. The van der Waals surface area contributed by atoms with Gasteiger partial charge in [-0.05, 0) is 24.0 Å². The Morgan fingerprint density at radius 2 is 1.68 bits per heavy atom. The lowest BCUT2D eigenvalue weighted by atomic mass is 9.79.